The molecule has 0 aliphatic heterocycles. The van der Waals surface area contributed by atoms with E-state index in [9.17, 15) is 14.4 Å². The molecule has 67 heavy (non-hydrogen) atoms. The van der Waals surface area contributed by atoms with E-state index in [2.05, 4.69) is 154 Å². The number of carbonyl (C=O) groups excluding carboxylic acids is 3. The zero-order valence-electron chi connectivity index (χ0n) is 42.9. The maximum Gasteiger partial charge on any atom is 0.306 e. The molecule has 0 fully saturated rings. The first kappa shape index (κ1) is 62.5. The van der Waals surface area contributed by atoms with Gasteiger partial charge in [-0.1, -0.05) is 199 Å². The third-order valence-corrected chi connectivity index (χ3v) is 10.6. The number of ether oxygens (including phenoxy) is 3. The van der Waals surface area contributed by atoms with E-state index in [1.165, 1.54) is 44.9 Å². The van der Waals surface area contributed by atoms with Crippen LogP contribution in [0.4, 0.5) is 0 Å². The average molecular weight is 925 g/mol. The lowest BCUT2D eigenvalue weighted by molar-refractivity contribution is -0.167. The molecule has 0 amide bonds. The van der Waals surface area contributed by atoms with Gasteiger partial charge in [0.2, 0.25) is 0 Å². The summed E-state index contributed by atoms with van der Waals surface area (Å²) in [5.41, 5.74) is 0. The van der Waals surface area contributed by atoms with Gasteiger partial charge in [0.05, 0.1) is 0 Å². The second kappa shape index (κ2) is 54.2. The largest absolute Gasteiger partial charge is 0.462 e. The number of hydrogen-bond donors (Lipinski definition) is 0. The first-order chi connectivity index (χ1) is 33.0. The van der Waals surface area contributed by atoms with Gasteiger partial charge in [-0.2, -0.15) is 0 Å². The lowest BCUT2D eigenvalue weighted by atomic mass is 10.1. The van der Waals surface area contributed by atoms with Crippen molar-refractivity contribution in [3.63, 3.8) is 0 Å². The molecule has 0 aliphatic rings. The van der Waals surface area contributed by atoms with E-state index in [0.29, 0.717) is 19.3 Å². The van der Waals surface area contributed by atoms with Crippen molar-refractivity contribution in [3.8, 4) is 0 Å². The first-order valence-electron chi connectivity index (χ1n) is 26.7. The number of esters is 3. The lowest BCUT2D eigenvalue weighted by Gasteiger charge is -2.18. The van der Waals surface area contributed by atoms with E-state index >= 15 is 0 Å². The van der Waals surface area contributed by atoms with Crippen molar-refractivity contribution in [2.24, 2.45) is 0 Å². The number of unbranched alkanes of at least 4 members (excludes halogenated alkanes) is 13. The number of rotatable bonds is 46. The van der Waals surface area contributed by atoms with Crippen molar-refractivity contribution in [1.29, 1.82) is 0 Å². The van der Waals surface area contributed by atoms with Crippen LogP contribution < -0.4 is 0 Å². The minimum atomic E-state index is -0.827. The molecule has 0 radical (unpaired) electrons. The highest BCUT2D eigenvalue weighted by Gasteiger charge is 2.19. The van der Waals surface area contributed by atoms with E-state index in [1.807, 2.05) is 0 Å². The number of carbonyl (C=O) groups is 3. The molecule has 6 heteroatoms. The van der Waals surface area contributed by atoms with Crippen molar-refractivity contribution in [3.05, 3.63) is 134 Å². The summed E-state index contributed by atoms with van der Waals surface area (Å²) in [5, 5.41) is 0. The van der Waals surface area contributed by atoms with Gasteiger partial charge in [0.15, 0.2) is 6.10 Å². The van der Waals surface area contributed by atoms with E-state index in [4.69, 9.17) is 14.2 Å². The summed E-state index contributed by atoms with van der Waals surface area (Å²) >= 11 is 0. The molecule has 0 saturated carbocycles. The quantitative estimate of drug-likeness (QED) is 0.0262. The maximum absolute atomic E-state index is 12.8. The zero-order chi connectivity index (χ0) is 48.6. The molecule has 0 bridgehead atoms. The van der Waals surface area contributed by atoms with Gasteiger partial charge in [-0.3, -0.25) is 14.4 Å². The molecule has 376 valence electrons. The standard InChI is InChI=1S/C61H96O6/c1-4-7-10-13-16-19-22-25-28-30-33-36-39-42-45-48-51-54-60(63)66-57-58(56-65-59(62)53-50-47-44-41-38-35-32-27-24-21-18-15-12-9-6-3)67-61(64)55-52-49-46-43-40-37-34-31-29-26-23-20-17-14-11-8-5-2/h7,9-10,12,16-21,25-29,32-33,36,38,41-42,45,58H,4-6,8,11,13-15,22-24,30-31,34-35,37,39-40,43-44,46-57H2,1-3H3/b10-7-,12-9-,19-16-,20-17-,21-18-,28-25-,29-26-,32-27-,36-33-,41-38-,45-42-/t58-/m0/s1. The molecule has 0 aliphatic carbocycles. The Morgan fingerprint density at radius 2 is 0.597 bits per heavy atom. The Bertz CT molecular complexity index is 1480. The highest BCUT2D eigenvalue weighted by molar-refractivity contribution is 5.71. The van der Waals surface area contributed by atoms with Crippen LogP contribution >= 0.6 is 0 Å². The molecule has 0 rings (SSSR count). The molecule has 0 aromatic heterocycles. The van der Waals surface area contributed by atoms with Crippen LogP contribution in [-0.4, -0.2) is 37.2 Å². The molecule has 0 unspecified atom stereocenters. The summed E-state index contributed by atoms with van der Waals surface area (Å²) in [6, 6.07) is 0. The molecule has 0 saturated heterocycles. The van der Waals surface area contributed by atoms with E-state index in [1.54, 1.807) is 0 Å². The third kappa shape index (κ3) is 52.4. The summed E-state index contributed by atoms with van der Waals surface area (Å²) in [4.78, 5) is 38.0. The van der Waals surface area contributed by atoms with Crippen LogP contribution in [0.15, 0.2) is 134 Å². The molecule has 0 spiro atoms. The van der Waals surface area contributed by atoms with Crippen molar-refractivity contribution in [1.82, 2.24) is 0 Å². The second-order valence-corrected chi connectivity index (χ2v) is 17.0. The van der Waals surface area contributed by atoms with Crippen molar-refractivity contribution < 1.29 is 28.6 Å². The van der Waals surface area contributed by atoms with Gasteiger partial charge in [-0.25, -0.2) is 0 Å². The Hall–Kier alpha value is -4.45. The van der Waals surface area contributed by atoms with Gasteiger partial charge >= 0.3 is 17.9 Å². The lowest BCUT2D eigenvalue weighted by Crippen LogP contribution is -2.30. The molecule has 1 atom stereocenters. The Kier molecular flexibility index (Phi) is 50.6. The van der Waals surface area contributed by atoms with E-state index < -0.39 is 6.10 Å². The fraction of sp³-hybridized carbons (Fsp3) is 0.590. The predicted molar refractivity (Wildman–Crippen MR) is 288 cm³/mol. The number of hydrogen-bond acceptors (Lipinski definition) is 6. The monoisotopic (exact) mass is 925 g/mol. The predicted octanol–water partition coefficient (Wildman–Crippen LogP) is 17.9. The summed E-state index contributed by atoms with van der Waals surface area (Å²) in [7, 11) is 0. The Morgan fingerprint density at radius 3 is 1.00 bits per heavy atom. The second-order valence-electron chi connectivity index (χ2n) is 17.0. The summed E-state index contributed by atoms with van der Waals surface area (Å²) < 4.78 is 16.7. The SMILES string of the molecule is CC/C=C\C/C=C\C/C=C\C/C=C\C/C=C\CCCC(=O)OC[C@H](COC(=O)CCCC/C=C\C/C=C\C/C=C\C/C=C\CC)OC(=O)CCCCCCCCC/C=C\C/C=C\CCCCC. The van der Waals surface area contributed by atoms with Crippen molar-refractivity contribution >= 4 is 17.9 Å². The summed E-state index contributed by atoms with van der Waals surface area (Å²) in [5.74, 6) is -1.04. The Labute approximate surface area is 411 Å². The normalized spacial score (nSPS) is 13.2. The van der Waals surface area contributed by atoms with Crippen LogP contribution in [0.1, 0.15) is 213 Å². The molecular formula is C61H96O6. The average Bonchev–Trinajstić information content (AvgIpc) is 3.33. The van der Waals surface area contributed by atoms with Crippen LogP contribution in [0.3, 0.4) is 0 Å². The van der Waals surface area contributed by atoms with Crippen LogP contribution in [0.5, 0.6) is 0 Å². The van der Waals surface area contributed by atoms with Crippen LogP contribution in [0, 0.1) is 0 Å². The maximum atomic E-state index is 12.8. The number of allylic oxidation sites excluding steroid dienone is 22. The molecule has 0 heterocycles. The fourth-order valence-electron chi connectivity index (χ4n) is 6.67. The van der Waals surface area contributed by atoms with Gasteiger partial charge in [0, 0.05) is 19.3 Å². The van der Waals surface area contributed by atoms with Crippen LogP contribution in [0.25, 0.3) is 0 Å². The van der Waals surface area contributed by atoms with E-state index in [-0.39, 0.29) is 44.0 Å². The molecule has 0 aromatic carbocycles. The van der Waals surface area contributed by atoms with Gasteiger partial charge in [0.1, 0.15) is 13.2 Å². The topological polar surface area (TPSA) is 78.9 Å². The van der Waals surface area contributed by atoms with E-state index in [0.717, 1.165) is 116 Å². The first-order valence-corrected chi connectivity index (χ1v) is 26.7. The smallest absolute Gasteiger partial charge is 0.306 e. The summed E-state index contributed by atoms with van der Waals surface area (Å²) in [6.45, 7) is 6.27. The van der Waals surface area contributed by atoms with Crippen LogP contribution in [0.2, 0.25) is 0 Å². The van der Waals surface area contributed by atoms with Crippen molar-refractivity contribution in [2.45, 2.75) is 219 Å². The van der Waals surface area contributed by atoms with Gasteiger partial charge in [0.25, 0.3) is 0 Å². The minimum Gasteiger partial charge on any atom is -0.462 e. The van der Waals surface area contributed by atoms with Gasteiger partial charge in [-0.15, -0.1) is 0 Å². The van der Waals surface area contributed by atoms with Crippen molar-refractivity contribution in [2.75, 3.05) is 13.2 Å². The van der Waals surface area contributed by atoms with Gasteiger partial charge in [-0.05, 0) is 128 Å². The molecule has 0 aromatic rings. The molecule has 0 N–H and O–H groups in total. The third-order valence-electron chi connectivity index (χ3n) is 10.6. The summed E-state index contributed by atoms with van der Waals surface area (Å²) in [6.07, 6.45) is 75.8. The molecule has 6 nitrogen and oxygen atoms in total. The van der Waals surface area contributed by atoms with Crippen LogP contribution in [-0.2, 0) is 28.6 Å². The Morgan fingerprint density at radius 1 is 0.313 bits per heavy atom. The zero-order valence-corrected chi connectivity index (χ0v) is 42.9. The fourth-order valence-corrected chi connectivity index (χ4v) is 6.67. The minimum absolute atomic E-state index is 0.125. The van der Waals surface area contributed by atoms with Gasteiger partial charge < -0.3 is 14.2 Å². The highest BCUT2D eigenvalue weighted by atomic mass is 16.6. The highest BCUT2D eigenvalue weighted by Crippen LogP contribution is 2.13. The molecular weight excluding hydrogens is 829 g/mol. The Balaban J connectivity index is 4.58.